The Morgan fingerprint density at radius 2 is 2.12 bits per heavy atom. The van der Waals surface area contributed by atoms with Crippen LogP contribution in [0.3, 0.4) is 0 Å². The van der Waals surface area contributed by atoms with E-state index in [4.69, 9.17) is 9.57 Å². The van der Waals surface area contributed by atoms with Gasteiger partial charge in [-0.25, -0.2) is 5.90 Å². The highest BCUT2D eigenvalue weighted by molar-refractivity contribution is 5.78. The first-order valence-corrected chi connectivity index (χ1v) is 5.30. The predicted octanol–water partition coefficient (Wildman–Crippen LogP) is 0.414. The van der Waals surface area contributed by atoms with Crippen LogP contribution >= 0.6 is 0 Å². The van der Waals surface area contributed by atoms with E-state index >= 15 is 0 Å². The Morgan fingerprint density at radius 3 is 2.53 bits per heavy atom. The van der Waals surface area contributed by atoms with E-state index in [9.17, 15) is 4.79 Å². The molecule has 0 spiro atoms. The fourth-order valence-corrected chi connectivity index (χ4v) is 0.913. The third-order valence-corrected chi connectivity index (χ3v) is 1.70. The van der Waals surface area contributed by atoms with Crippen molar-refractivity contribution >= 4 is 5.97 Å². The van der Waals surface area contributed by atoms with Crippen LogP contribution in [-0.4, -0.2) is 43.4 Å². The summed E-state index contributed by atoms with van der Waals surface area (Å²) in [4.78, 5) is 20.2. The molecular weight excluding hydrogens is 224 g/mol. The monoisotopic (exact) mass is 244 g/mol. The number of nitrogens with zero attached hydrogens (tertiary/aromatic N) is 1. The molecule has 0 aromatic rings. The van der Waals surface area contributed by atoms with Crippen molar-refractivity contribution in [2.45, 2.75) is 13.0 Å². The van der Waals surface area contributed by atoms with Gasteiger partial charge in [0.05, 0.1) is 26.4 Å². The highest BCUT2D eigenvalue weighted by Crippen LogP contribution is 2.18. The van der Waals surface area contributed by atoms with E-state index in [0.29, 0.717) is 26.4 Å². The fourth-order valence-electron chi connectivity index (χ4n) is 0.913. The second-order valence-corrected chi connectivity index (χ2v) is 3.07. The standard InChI is InChI=1S/C8H13NO3.C3H7NO/c1-3-5-12-9-6-7(9)8(10)11-4-2;1-2-3-5-4/h3,7H,1,4-6H2,2H3;2H,1,3-4H2. The van der Waals surface area contributed by atoms with Gasteiger partial charge in [-0.15, -0.1) is 13.2 Å². The van der Waals surface area contributed by atoms with Gasteiger partial charge in [0, 0.05) is 0 Å². The Kier molecular flexibility index (Phi) is 9.27. The molecule has 98 valence electrons. The first-order valence-electron chi connectivity index (χ1n) is 5.30. The molecular formula is C11H20N2O4. The van der Waals surface area contributed by atoms with Crippen molar-refractivity contribution in [2.75, 3.05) is 26.4 Å². The van der Waals surface area contributed by atoms with E-state index in [1.54, 1.807) is 24.1 Å². The molecule has 2 N–H and O–H groups in total. The maximum absolute atomic E-state index is 11.0. The van der Waals surface area contributed by atoms with Gasteiger partial charge in [-0.1, -0.05) is 12.2 Å². The van der Waals surface area contributed by atoms with E-state index in [1.807, 2.05) is 0 Å². The summed E-state index contributed by atoms with van der Waals surface area (Å²) >= 11 is 0. The van der Waals surface area contributed by atoms with Gasteiger partial charge in [-0.3, -0.25) is 9.63 Å². The minimum Gasteiger partial charge on any atom is -0.465 e. The molecule has 1 aliphatic heterocycles. The SMILES string of the molecule is C=CCON.C=CCON1CC1C(=O)OCC. The highest BCUT2D eigenvalue weighted by atomic mass is 16.7. The number of rotatable bonds is 7. The summed E-state index contributed by atoms with van der Waals surface area (Å²) in [5.41, 5.74) is 0. The van der Waals surface area contributed by atoms with Gasteiger partial charge in [0.1, 0.15) is 6.04 Å². The summed E-state index contributed by atoms with van der Waals surface area (Å²) < 4.78 is 4.79. The van der Waals surface area contributed by atoms with Crippen molar-refractivity contribution in [1.29, 1.82) is 0 Å². The molecule has 0 aromatic carbocycles. The van der Waals surface area contributed by atoms with Crippen LogP contribution < -0.4 is 5.90 Å². The Hall–Kier alpha value is -1.21. The van der Waals surface area contributed by atoms with E-state index in [2.05, 4.69) is 23.9 Å². The van der Waals surface area contributed by atoms with Gasteiger partial charge in [-0.2, -0.15) is 5.06 Å². The van der Waals surface area contributed by atoms with Crippen molar-refractivity contribution in [1.82, 2.24) is 5.06 Å². The summed E-state index contributed by atoms with van der Waals surface area (Å²) in [6.45, 7) is 10.6. The van der Waals surface area contributed by atoms with Crippen LogP contribution in [-0.2, 0) is 19.2 Å². The summed E-state index contributed by atoms with van der Waals surface area (Å²) in [7, 11) is 0. The second kappa shape index (κ2) is 9.98. The fraction of sp³-hybridized carbons (Fsp3) is 0.545. The molecule has 0 aromatic heterocycles. The first-order chi connectivity index (χ1) is 8.21. The van der Waals surface area contributed by atoms with Gasteiger partial charge in [0.15, 0.2) is 0 Å². The molecule has 6 heteroatoms. The number of hydroxylamine groups is 2. The lowest BCUT2D eigenvalue weighted by Gasteiger charge is -2.01. The minimum atomic E-state index is -0.207. The maximum atomic E-state index is 11.0. The van der Waals surface area contributed by atoms with Crippen molar-refractivity contribution in [3.05, 3.63) is 25.3 Å². The van der Waals surface area contributed by atoms with Crippen LogP contribution in [0.1, 0.15) is 6.92 Å². The van der Waals surface area contributed by atoms with Gasteiger partial charge < -0.3 is 9.57 Å². The predicted molar refractivity (Wildman–Crippen MR) is 63.6 cm³/mol. The van der Waals surface area contributed by atoms with Gasteiger partial charge in [0.25, 0.3) is 0 Å². The molecule has 2 atom stereocenters. The Balaban J connectivity index is 0.000000437. The van der Waals surface area contributed by atoms with Crippen LogP contribution in [0, 0.1) is 0 Å². The van der Waals surface area contributed by atoms with Gasteiger partial charge >= 0.3 is 5.97 Å². The first kappa shape index (κ1) is 15.8. The molecule has 1 rings (SSSR count). The number of hydrogen-bond donors (Lipinski definition) is 1. The zero-order valence-corrected chi connectivity index (χ0v) is 10.1. The van der Waals surface area contributed by atoms with Crippen LogP contribution in [0.4, 0.5) is 0 Å². The van der Waals surface area contributed by atoms with E-state index < -0.39 is 0 Å². The average molecular weight is 244 g/mol. The van der Waals surface area contributed by atoms with Crippen LogP contribution in [0.2, 0.25) is 0 Å². The minimum absolute atomic E-state index is 0.190. The van der Waals surface area contributed by atoms with Crippen LogP contribution in [0.25, 0.3) is 0 Å². The van der Waals surface area contributed by atoms with Gasteiger partial charge in [-0.05, 0) is 6.92 Å². The van der Waals surface area contributed by atoms with E-state index in [-0.39, 0.29) is 12.0 Å². The number of hydrogen-bond acceptors (Lipinski definition) is 6. The van der Waals surface area contributed by atoms with Gasteiger partial charge in [0.2, 0.25) is 0 Å². The van der Waals surface area contributed by atoms with Crippen molar-refractivity contribution in [2.24, 2.45) is 5.90 Å². The molecule has 2 unspecified atom stereocenters. The zero-order valence-electron chi connectivity index (χ0n) is 10.1. The second-order valence-electron chi connectivity index (χ2n) is 3.07. The highest BCUT2D eigenvalue weighted by Gasteiger charge is 2.43. The molecule has 1 saturated heterocycles. The smallest absolute Gasteiger partial charge is 0.327 e. The normalized spacial score (nSPS) is 20.8. The molecule has 0 bridgehead atoms. The van der Waals surface area contributed by atoms with Crippen molar-refractivity contribution < 1.29 is 19.2 Å². The number of carbonyl (C=O) groups is 1. The van der Waals surface area contributed by atoms with Crippen molar-refractivity contribution in [3.63, 3.8) is 0 Å². The molecule has 0 amide bonds. The van der Waals surface area contributed by atoms with Crippen molar-refractivity contribution in [3.8, 4) is 0 Å². The maximum Gasteiger partial charge on any atom is 0.327 e. The largest absolute Gasteiger partial charge is 0.465 e. The molecule has 0 aliphatic carbocycles. The quantitative estimate of drug-likeness (QED) is 0.303. The van der Waals surface area contributed by atoms with E-state index in [0.717, 1.165) is 0 Å². The van der Waals surface area contributed by atoms with Crippen LogP contribution in [0.5, 0.6) is 0 Å². The Bertz CT molecular complexity index is 246. The molecule has 1 heterocycles. The number of esters is 1. The summed E-state index contributed by atoms with van der Waals surface area (Å²) in [5.74, 6) is 4.36. The molecule has 1 aliphatic rings. The number of ether oxygens (including phenoxy) is 1. The lowest BCUT2D eigenvalue weighted by atomic mass is 10.5. The third kappa shape index (κ3) is 7.64. The average Bonchev–Trinajstić information content (AvgIpc) is 3.08. The summed E-state index contributed by atoms with van der Waals surface area (Å²) in [6.07, 6.45) is 3.22. The Morgan fingerprint density at radius 1 is 1.47 bits per heavy atom. The Labute approximate surface area is 102 Å². The van der Waals surface area contributed by atoms with Crippen LogP contribution in [0.15, 0.2) is 25.3 Å². The molecule has 6 nitrogen and oxygen atoms in total. The van der Waals surface area contributed by atoms with E-state index in [1.165, 1.54) is 0 Å². The lowest BCUT2D eigenvalue weighted by Crippen LogP contribution is -2.16. The number of nitrogens with two attached hydrogens (primary N) is 1. The summed E-state index contributed by atoms with van der Waals surface area (Å²) in [5, 5.41) is 1.58. The zero-order chi connectivity index (χ0) is 13.1. The molecule has 0 saturated carbocycles. The lowest BCUT2D eigenvalue weighted by molar-refractivity contribution is -0.149. The molecule has 17 heavy (non-hydrogen) atoms. The topological polar surface area (TPSA) is 73.8 Å². The molecule has 0 radical (unpaired) electrons. The summed E-state index contributed by atoms with van der Waals surface area (Å²) in [6, 6.07) is -0.190. The molecule has 1 fully saturated rings. The third-order valence-electron chi connectivity index (χ3n) is 1.70. The number of carbonyl (C=O) groups excluding carboxylic acids is 1.